The van der Waals surface area contributed by atoms with Crippen molar-refractivity contribution in [1.82, 2.24) is 0 Å². The standard InChI is InChI=1S/C18H22O/c1-13(2)17-10-14(3)15(4)11-18(17)19-12-16-8-6-5-7-9-16/h5-11,13H,12H2,1-4H3. The summed E-state index contributed by atoms with van der Waals surface area (Å²) in [6.45, 7) is 9.33. The van der Waals surface area contributed by atoms with E-state index in [9.17, 15) is 0 Å². The van der Waals surface area contributed by atoms with Crippen LogP contribution in [0.1, 0.15) is 42.0 Å². The molecule has 0 aromatic heterocycles. The fourth-order valence-corrected chi connectivity index (χ4v) is 2.12. The van der Waals surface area contributed by atoms with Crippen molar-refractivity contribution in [2.24, 2.45) is 0 Å². The zero-order valence-electron chi connectivity index (χ0n) is 12.2. The first-order valence-corrected chi connectivity index (χ1v) is 6.86. The van der Waals surface area contributed by atoms with E-state index in [0.29, 0.717) is 12.5 Å². The Kier molecular flexibility index (Phi) is 4.26. The topological polar surface area (TPSA) is 9.23 Å². The zero-order chi connectivity index (χ0) is 13.8. The third-order valence-electron chi connectivity index (χ3n) is 3.49. The minimum Gasteiger partial charge on any atom is -0.489 e. The maximum absolute atomic E-state index is 6.02. The highest BCUT2D eigenvalue weighted by molar-refractivity contribution is 5.43. The van der Waals surface area contributed by atoms with Gasteiger partial charge in [0.15, 0.2) is 0 Å². The van der Waals surface area contributed by atoms with E-state index < -0.39 is 0 Å². The van der Waals surface area contributed by atoms with Crippen LogP contribution in [0.5, 0.6) is 5.75 Å². The van der Waals surface area contributed by atoms with Gasteiger partial charge in [-0.25, -0.2) is 0 Å². The fourth-order valence-electron chi connectivity index (χ4n) is 2.12. The number of rotatable bonds is 4. The molecule has 2 aromatic carbocycles. The van der Waals surface area contributed by atoms with Gasteiger partial charge >= 0.3 is 0 Å². The Morgan fingerprint density at radius 2 is 1.58 bits per heavy atom. The third-order valence-corrected chi connectivity index (χ3v) is 3.49. The van der Waals surface area contributed by atoms with Crippen molar-refractivity contribution in [2.45, 2.75) is 40.2 Å². The maximum Gasteiger partial charge on any atom is 0.123 e. The van der Waals surface area contributed by atoms with E-state index in [2.05, 4.69) is 52.0 Å². The second-order valence-electron chi connectivity index (χ2n) is 5.40. The Morgan fingerprint density at radius 1 is 0.947 bits per heavy atom. The van der Waals surface area contributed by atoms with Crippen molar-refractivity contribution >= 4 is 0 Å². The van der Waals surface area contributed by atoms with Gasteiger partial charge in [-0.1, -0.05) is 50.2 Å². The molecule has 0 aliphatic heterocycles. The molecule has 0 aliphatic carbocycles. The highest BCUT2D eigenvalue weighted by Crippen LogP contribution is 2.30. The molecule has 0 saturated heterocycles. The zero-order valence-corrected chi connectivity index (χ0v) is 12.2. The molecule has 19 heavy (non-hydrogen) atoms. The van der Waals surface area contributed by atoms with Gasteiger partial charge in [0, 0.05) is 0 Å². The molecule has 1 heteroatoms. The lowest BCUT2D eigenvalue weighted by molar-refractivity contribution is 0.301. The van der Waals surface area contributed by atoms with Crippen LogP contribution in [0.2, 0.25) is 0 Å². The quantitative estimate of drug-likeness (QED) is 0.745. The van der Waals surface area contributed by atoms with E-state index >= 15 is 0 Å². The van der Waals surface area contributed by atoms with Crippen LogP contribution in [-0.2, 0) is 6.61 Å². The van der Waals surface area contributed by atoms with Gasteiger partial charge in [0.1, 0.15) is 12.4 Å². The van der Waals surface area contributed by atoms with Crippen LogP contribution < -0.4 is 4.74 Å². The summed E-state index contributed by atoms with van der Waals surface area (Å²) in [4.78, 5) is 0. The van der Waals surface area contributed by atoms with Crippen LogP contribution >= 0.6 is 0 Å². The predicted molar refractivity (Wildman–Crippen MR) is 80.8 cm³/mol. The van der Waals surface area contributed by atoms with Gasteiger partial charge in [-0.3, -0.25) is 0 Å². The molecular formula is C18H22O. The van der Waals surface area contributed by atoms with E-state index in [4.69, 9.17) is 4.74 Å². The average Bonchev–Trinajstić information content (AvgIpc) is 2.40. The smallest absolute Gasteiger partial charge is 0.123 e. The van der Waals surface area contributed by atoms with Gasteiger partial charge in [-0.05, 0) is 48.1 Å². The van der Waals surface area contributed by atoms with Crippen LogP contribution in [0, 0.1) is 13.8 Å². The molecule has 0 N–H and O–H groups in total. The third kappa shape index (κ3) is 3.37. The fraction of sp³-hybridized carbons (Fsp3) is 0.333. The first kappa shape index (κ1) is 13.7. The highest BCUT2D eigenvalue weighted by atomic mass is 16.5. The summed E-state index contributed by atoms with van der Waals surface area (Å²) < 4.78 is 6.02. The minimum absolute atomic E-state index is 0.477. The van der Waals surface area contributed by atoms with Gasteiger partial charge in [-0.2, -0.15) is 0 Å². The monoisotopic (exact) mass is 254 g/mol. The highest BCUT2D eigenvalue weighted by Gasteiger charge is 2.10. The van der Waals surface area contributed by atoms with Gasteiger partial charge in [0.2, 0.25) is 0 Å². The molecule has 100 valence electrons. The van der Waals surface area contributed by atoms with Crippen LogP contribution in [0.4, 0.5) is 0 Å². The minimum atomic E-state index is 0.477. The molecule has 0 unspecified atom stereocenters. The molecule has 2 aromatic rings. The second-order valence-corrected chi connectivity index (χ2v) is 5.40. The van der Waals surface area contributed by atoms with Crippen LogP contribution in [-0.4, -0.2) is 0 Å². The molecule has 0 saturated carbocycles. The molecule has 0 fully saturated rings. The molecule has 0 bridgehead atoms. The van der Waals surface area contributed by atoms with Crippen LogP contribution in [0.15, 0.2) is 42.5 Å². The lowest BCUT2D eigenvalue weighted by Crippen LogP contribution is -2.01. The van der Waals surface area contributed by atoms with Gasteiger partial charge in [0.05, 0.1) is 0 Å². The van der Waals surface area contributed by atoms with E-state index in [0.717, 1.165) is 5.75 Å². The Balaban J connectivity index is 2.22. The summed E-state index contributed by atoms with van der Waals surface area (Å²) >= 11 is 0. The van der Waals surface area contributed by atoms with E-state index in [1.54, 1.807) is 0 Å². The van der Waals surface area contributed by atoms with Crippen LogP contribution in [0.25, 0.3) is 0 Å². The molecule has 0 amide bonds. The number of aryl methyl sites for hydroxylation is 2. The van der Waals surface area contributed by atoms with Gasteiger partial charge in [-0.15, -0.1) is 0 Å². The van der Waals surface area contributed by atoms with E-state index in [-0.39, 0.29) is 0 Å². The van der Waals surface area contributed by atoms with Crippen LogP contribution in [0.3, 0.4) is 0 Å². The van der Waals surface area contributed by atoms with E-state index in [1.165, 1.54) is 22.3 Å². The molecule has 0 aliphatic rings. The molecule has 0 heterocycles. The summed E-state index contributed by atoms with van der Waals surface area (Å²) in [6, 6.07) is 14.7. The molecule has 0 atom stereocenters. The molecular weight excluding hydrogens is 232 g/mol. The molecule has 0 spiro atoms. The molecule has 2 rings (SSSR count). The number of hydrogen-bond acceptors (Lipinski definition) is 1. The Hall–Kier alpha value is -1.76. The molecule has 0 radical (unpaired) electrons. The van der Waals surface area contributed by atoms with Crippen molar-refractivity contribution in [2.75, 3.05) is 0 Å². The van der Waals surface area contributed by atoms with Crippen molar-refractivity contribution in [3.63, 3.8) is 0 Å². The summed E-state index contributed by atoms with van der Waals surface area (Å²) in [6.07, 6.45) is 0. The van der Waals surface area contributed by atoms with Crippen molar-refractivity contribution in [1.29, 1.82) is 0 Å². The molecule has 1 nitrogen and oxygen atoms in total. The van der Waals surface area contributed by atoms with Crippen molar-refractivity contribution in [3.05, 3.63) is 64.7 Å². The second kappa shape index (κ2) is 5.92. The summed E-state index contributed by atoms with van der Waals surface area (Å²) in [5.74, 6) is 1.49. The lowest BCUT2D eigenvalue weighted by atomic mass is 9.97. The normalized spacial score (nSPS) is 10.8. The Bertz CT molecular complexity index is 541. The SMILES string of the molecule is Cc1cc(OCc2ccccc2)c(C(C)C)cc1C. The van der Waals surface area contributed by atoms with E-state index in [1.807, 2.05) is 18.2 Å². The number of hydrogen-bond donors (Lipinski definition) is 0. The predicted octanol–water partition coefficient (Wildman–Crippen LogP) is 5.01. The summed E-state index contributed by atoms with van der Waals surface area (Å²) in [5, 5.41) is 0. The lowest BCUT2D eigenvalue weighted by Gasteiger charge is -2.16. The Morgan fingerprint density at radius 3 is 2.21 bits per heavy atom. The first-order valence-electron chi connectivity index (χ1n) is 6.86. The maximum atomic E-state index is 6.02. The van der Waals surface area contributed by atoms with Gasteiger partial charge < -0.3 is 4.74 Å². The number of benzene rings is 2. The Labute approximate surface area is 116 Å². The summed E-state index contributed by atoms with van der Waals surface area (Å²) in [5.41, 5.74) is 5.11. The largest absolute Gasteiger partial charge is 0.489 e. The van der Waals surface area contributed by atoms with Crippen molar-refractivity contribution < 1.29 is 4.74 Å². The van der Waals surface area contributed by atoms with Gasteiger partial charge in [0.25, 0.3) is 0 Å². The number of ether oxygens (including phenoxy) is 1. The van der Waals surface area contributed by atoms with Crippen molar-refractivity contribution in [3.8, 4) is 5.75 Å². The first-order chi connectivity index (χ1) is 9.08. The average molecular weight is 254 g/mol. The summed E-state index contributed by atoms with van der Waals surface area (Å²) in [7, 11) is 0.